The van der Waals surface area contributed by atoms with Crippen molar-refractivity contribution in [1.29, 1.82) is 0 Å². The zero-order valence-electron chi connectivity index (χ0n) is 15.6. The van der Waals surface area contributed by atoms with E-state index in [1.165, 1.54) is 5.56 Å². The Morgan fingerprint density at radius 3 is 2.96 bits per heavy atom. The van der Waals surface area contributed by atoms with Gasteiger partial charge in [-0.05, 0) is 30.0 Å². The lowest BCUT2D eigenvalue weighted by Gasteiger charge is -2.24. The molecule has 2 atom stereocenters. The highest BCUT2D eigenvalue weighted by Crippen LogP contribution is 2.38. The van der Waals surface area contributed by atoms with Gasteiger partial charge in [-0.2, -0.15) is 5.10 Å². The number of aromatic nitrogens is 3. The number of ether oxygens (including phenoxy) is 1. The number of amides is 1. The largest absolute Gasteiger partial charge is 0.373 e. The summed E-state index contributed by atoms with van der Waals surface area (Å²) in [5, 5.41) is 4.49. The first-order valence-corrected chi connectivity index (χ1v) is 9.72. The Bertz CT molecular complexity index is 985. The first-order valence-electron chi connectivity index (χ1n) is 9.72. The van der Waals surface area contributed by atoms with Crippen molar-refractivity contribution in [2.45, 2.75) is 25.5 Å². The van der Waals surface area contributed by atoms with E-state index in [9.17, 15) is 4.79 Å². The van der Waals surface area contributed by atoms with Crippen molar-refractivity contribution in [3.05, 3.63) is 77.9 Å². The van der Waals surface area contributed by atoms with Crippen LogP contribution >= 0.6 is 0 Å². The van der Waals surface area contributed by atoms with Gasteiger partial charge in [-0.25, -0.2) is 0 Å². The fourth-order valence-corrected chi connectivity index (χ4v) is 4.21. The molecular formula is C22H22N4O2. The molecule has 0 saturated carbocycles. The van der Waals surface area contributed by atoms with Crippen LogP contribution in [-0.4, -0.2) is 33.8 Å². The Balaban J connectivity index is 1.34. The third-order valence-corrected chi connectivity index (χ3v) is 5.62. The summed E-state index contributed by atoms with van der Waals surface area (Å²) in [5.74, 6) is -0.0308. The maximum absolute atomic E-state index is 13.3. The molecule has 0 bridgehead atoms. The highest BCUT2D eigenvalue weighted by Gasteiger charge is 2.40. The molecule has 2 aromatic heterocycles. The molecule has 0 N–H and O–H groups in total. The number of pyridine rings is 1. The SMILES string of the molecule is O=C([C@H]1CCO[C@@H]1c1cnn(Cc2ccccc2)c1)N1CCc2cnccc21. The lowest BCUT2D eigenvalue weighted by atomic mass is 9.96. The van der Waals surface area contributed by atoms with Crippen molar-refractivity contribution < 1.29 is 9.53 Å². The molecular weight excluding hydrogens is 352 g/mol. The maximum atomic E-state index is 13.3. The topological polar surface area (TPSA) is 60.2 Å². The molecule has 1 aromatic carbocycles. The number of rotatable bonds is 4. The number of carbonyl (C=O) groups is 1. The number of fused-ring (bicyclic) bond motifs is 1. The van der Waals surface area contributed by atoms with Gasteiger partial charge >= 0.3 is 0 Å². The van der Waals surface area contributed by atoms with Crippen LogP contribution in [0, 0.1) is 5.92 Å². The summed E-state index contributed by atoms with van der Waals surface area (Å²) in [4.78, 5) is 19.4. The van der Waals surface area contributed by atoms with E-state index in [2.05, 4.69) is 22.2 Å². The molecule has 2 aliphatic rings. The molecule has 0 radical (unpaired) electrons. The van der Waals surface area contributed by atoms with Gasteiger partial charge in [0.25, 0.3) is 0 Å². The molecule has 1 saturated heterocycles. The summed E-state index contributed by atoms with van der Waals surface area (Å²) in [7, 11) is 0. The molecule has 5 rings (SSSR count). The molecule has 28 heavy (non-hydrogen) atoms. The zero-order chi connectivity index (χ0) is 18.9. The zero-order valence-corrected chi connectivity index (χ0v) is 15.6. The van der Waals surface area contributed by atoms with Crippen molar-refractivity contribution in [2.75, 3.05) is 18.1 Å². The maximum Gasteiger partial charge on any atom is 0.233 e. The summed E-state index contributed by atoms with van der Waals surface area (Å²) in [6.45, 7) is 2.02. The van der Waals surface area contributed by atoms with Crippen LogP contribution in [0.4, 0.5) is 5.69 Å². The fourth-order valence-electron chi connectivity index (χ4n) is 4.21. The second-order valence-corrected chi connectivity index (χ2v) is 7.39. The Morgan fingerprint density at radius 1 is 1.18 bits per heavy atom. The molecule has 2 aliphatic heterocycles. The van der Waals surface area contributed by atoms with Gasteiger partial charge in [-0.1, -0.05) is 30.3 Å². The molecule has 4 heterocycles. The number of nitrogens with zero attached hydrogens (tertiary/aromatic N) is 4. The first-order chi connectivity index (χ1) is 13.8. The fraction of sp³-hybridized carbons (Fsp3) is 0.318. The summed E-state index contributed by atoms with van der Waals surface area (Å²) in [6, 6.07) is 12.2. The van der Waals surface area contributed by atoms with Gasteiger partial charge in [0, 0.05) is 43.0 Å². The molecule has 6 nitrogen and oxygen atoms in total. The number of anilines is 1. The molecule has 1 amide bonds. The minimum Gasteiger partial charge on any atom is -0.373 e. The standard InChI is InChI=1S/C22H22N4O2/c27-22(26-10-7-17-12-23-9-6-20(17)26)19-8-11-28-21(19)18-13-24-25(15-18)14-16-4-2-1-3-5-16/h1-6,9,12-13,15,19,21H,7-8,10-11,14H2/t19-,21+/m0/s1. The Labute approximate surface area is 163 Å². The smallest absolute Gasteiger partial charge is 0.233 e. The molecule has 0 aliphatic carbocycles. The molecule has 3 aromatic rings. The third kappa shape index (κ3) is 3.10. The number of benzene rings is 1. The lowest BCUT2D eigenvalue weighted by Crippen LogP contribution is -2.36. The monoisotopic (exact) mass is 374 g/mol. The first kappa shape index (κ1) is 17.1. The van der Waals surface area contributed by atoms with Crippen LogP contribution in [0.15, 0.2) is 61.2 Å². The van der Waals surface area contributed by atoms with E-state index >= 15 is 0 Å². The van der Waals surface area contributed by atoms with Crippen LogP contribution in [-0.2, 0) is 22.5 Å². The second-order valence-electron chi connectivity index (χ2n) is 7.39. The molecule has 6 heteroatoms. The average molecular weight is 374 g/mol. The van der Waals surface area contributed by atoms with Crippen molar-refractivity contribution in [3.8, 4) is 0 Å². The van der Waals surface area contributed by atoms with Gasteiger partial charge < -0.3 is 9.64 Å². The van der Waals surface area contributed by atoms with Gasteiger partial charge in [0.2, 0.25) is 5.91 Å². The van der Waals surface area contributed by atoms with Gasteiger partial charge in [-0.15, -0.1) is 0 Å². The minimum atomic E-state index is -0.233. The van der Waals surface area contributed by atoms with Gasteiger partial charge in [0.1, 0.15) is 0 Å². The highest BCUT2D eigenvalue weighted by molar-refractivity contribution is 5.97. The Hall–Kier alpha value is -2.99. The molecule has 142 valence electrons. The van der Waals surface area contributed by atoms with Crippen molar-refractivity contribution in [1.82, 2.24) is 14.8 Å². The Kier molecular flexibility index (Phi) is 4.41. The quantitative estimate of drug-likeness (QED) is 0.704. The summed E-state index contributed by atoms with van der Waals surface area (Å²) < 4.78 is 7.88. The van der Waals surface area contributed by atoms with Crippen LogP contribution < -0.4 is 4.90 Å². The average Bonchev–Trinajstić information content (AvgIpc) is 3.47. The van der Waals surface area contributed by atoms with E-state index in [4.69, 9.17) is 4.74 Å². The number of carbonyl (C=O) groups excluding carboxylic acids is 1. The van der Waals surface area contributed by atoms with Crippen LogP contribution in [0.2, 0.25) is 0 Å². The van der Waals surface area contributed by atoms with E-state index < -0.39 is 0 Å². The van der Waals surface area contributed by atoms with Crippen molar-refractivity contribution in [3.63, 3.8) is 0 Å². The highest BCUT2D eigenvalue weighted by atomic mass is 16.5. The van der Waals surface area contributed by atoms with E-state index in [0.717, 1.165) is 36.2 Å². The molecule has 0 spiro atoms. The van der Waals surface area contributed by atoms with Gasteiger partial charge in [0.05, 0.1) is 24.8 Å². The van der Waals surface area contributed by atoms with E-state index in [1.807, 2.05) is 52.4 Å². The van der Waals surface area contributed by atoms with Crippen LogP contribution in [0.5, 0.6) is 0 Å². The van der Waals surface area contributed by atoms with Crippen molar-refractivity contribution >= 4 is 11.6 Å². The number of hydrogen-bond acceptors (Lipinski definition) is 4. The van der Waals surface area contributed by atoms with Crippen LogP contribution in [0.1, 0.15) is 29.2 Å². The summed E-state index contributed by atoms with van der Waals surface area (Å²) >= 11 is 0. The normalized spacial score (nSPS) is 21.1. The van der Waals surface area contributed by atoms with E-state index in [-0.39, 0.29) is 17.9 Å². The lowest BCUT2D eigenvalue weighted by molar-refractivity contribution is -0.124. The van der Waals surface area contributed by atoms with E-state index in [1.54, 1.807) is 6.20 Å². The van der Waals surface area contributed by atoms with Gasteiger partial charge in [-0.3, -0.25) is 14.5 Å². The van der Waals surface area contributed by atoms with Crippen LogP contribution in [0.25, 0.3) is 0 Å². The Morgan fingerprint density at radius 2 is 2.07 bits per heavy atom. The summed E-state index contributed by atoms with van der Waals surface area (Å²) in [5.41, 5.74) is 4.30. The third-order valence-electron chi connectivity index (χ3n) is 5.62. The van der Waals surface area contributed by atoms with Gasteiger partial charge in [0.15, 0.2) is 0 Å². The predicted molar refractivity (Wildman–Crippen MR) is 105 cm³/mol. The second kappa shape index (κ2) is 7.20. The predicted octanol–water partition coefficient (Wildman–Crippen LogP) is 2.99. The number of hydrogen-bond donors (Lipinski definition) is 0. The van der Waals surface area contributed by atoms with E-state index in [0.29, 0.717) is 13.2 Å². The molecule has 1 fully saturated rings. The molecule has 0 unspecified atom stereocenters. The summed E-state index contributed by atoms with van der Waals surface area (Å²) in [6.07, 6.45) is 8.82. The van der Waals surface area contributed by atoms with Crippen LogP contribution in [0.3, 0.4) is 0 Å². The minimum absolute atomic E-state index is 0.142. The van der Waals surface area contributed by atoms with Crippen molar-refractivity contribution in [2.24, 2.45) is 5.92 Å².